The van der Waals surface area contributed by atoms with Crippen LogP contribution in [0.4, 0.5) is 0 Å². The Labute approximate surface area is 146 Å². The van der Waals surface area contributed by atoms with Gasteiger partial charge in [-0.15, -0.1) is 0 Å². The van der Waals surface area contributed by atoms with Crippen molar-refractivity contribution >= 4 is 0 Å². The van der Waals surface area contributed by atoms with Crippen LogP contribution in [0, 0.1) is 11.8 Å². The number of nitrogens with zero attached hydrogens (tertiary/aromatic N) is 1. The van der Waals surface area contributed by atoms with Gasteiger partial charge < -0.3 is 4.90 Å². The van der Waals surface area contributed by atoms with Crippen molar-refractivity contribution in [3.63, 3.8) is 0 Å². The van der Waals surface area contributed by atoms with E-state index in [0.29, 0.717) is 0 Å². The van der Waals surface area contributed by atoms with E-state index >= 15 is 0 Å². The summed E-state index contributed by atoms with van der Waals surface area (Å²) in [5.41, 5.74) is 1.68. The summed E-state index contributed by atoms with van der Waals surface area (Å²) in [6.45, 7) is 12.1. The van der Waals surface area contributed by atoms with Gasteiger partial charge in [0.1, 0.15) is 0 Å². The van der Waals surface area contributed by atoms with E-state index in [1.165, 1.54) is 90.1 Å². The summed E-state index contributed by atoms with van der Waals surface area (Å²) < 4.78 is 0. The predicted molar refractivity (Wildman–Crippen MR) is 105 cm³/mol. The average molecular weight is 322 g/mol. The SMILES string of the molecule is CCCCC(CC)CN(CC(CC)CCCC)C1=CCCCC1. The van der Waals surface area contributed by atoms with Crippen LogP contribution in [0.5, 0.6) is 0 Å². The topological polar surface area (TPSA) is 3.24 Å². The molecule has 0 bridgehead atoms. The molecule has 1 heteroatoms. The molecule has 0 saturated heterocycles. The molecule has 0 heterocycles. The Kier molecular flexibility index (Phi) is 11.5. The highest BCUT2D eigenvalue weighted by Gasteiger charge is 2.19. The molecular weight excluding hydrogens is 278 g/mol. The molecule has 0 radical (unpaired) electrons. The first-order valence-electron chi connectivity index (χ1n) is 10.7. The van der Waals surface area contributed by atoms with Crippen molar-refractivity contribution in [1.29, 1.82) is 0 Å². The fourth-order valence-corrected chi connectivity index (χ4v) is 3.88. The summed E-state index contributed by atoms with van der Waals surface area (Å²) in [5.74, 6) is 1.78. The molecule has 1 nitrogen and oxygen atoms in total. The van der Waals surface area contributed by atoms with Crippen molar-refractivity contribution < 1.29 is 0 Å². The lowest BCUT2D eigenvalue weighted by Crippen LogP contribution is -2.34. The van der Waals surface area contributed by atoms with Gasteiger partial charge in [0.25, 0.3) is 0 Å². The van der Waals surface area contributed by atoms with Gasteiger partial charge in [-0.25, -0.2) is 0 Å². The van der Waals surface area contributed by atoms with Crippen LogP contribution in [0.2, 0.25) is 0 Å². The minimum absolute atomic E-state index is 0.890. The van der Waals surface area contributed by atoms with Crippen LogP contribution in [0.25, 0.3) is 0 Å². The summed E-state index contributed by atoms with van der Waals surface area (Å²) >= 11 is 0. The second-order valence-electron chi connectivity index (χ2n) is 7.68. The lowest BCUT2D eigenvalue weighted by Gasteiger charge is -2.35. The van der Waals surface area contributed by atoms with E-state index in [2.05, 4.69) is 38.7 Å². The minimum Gasteiger partial charge on any atom is -0.375 e. The van der Waals surface area contributed by atoms with E-state index in [-0.39, 0.29) is 0 Å². The molecule has 0 aromatic heterocycles. The summed E-state index contributed by atoms with van der Waals surface area (Å²) in [4.78, 5) is 2.81. The molecule has 0 spiro atoms. The van der Waals surface area contributed by atoms with Gasteiger partial charge in [0.15, 0.2) is 0 Å². The third-order valence-corrected chi connectivity index (χ3v) is 5.72. The molecule has 0 aromatic rings. The van der Waals surface area contributed by atoms with Crippen LogP contribution in [-0.4, -0.2) is 18.0 Å². The third kappa shape index (κ3) is 8.27. The van der Waals surface area contributed by atoms with E-state index < -0.39 is 0 Å². The van der Waals surface area contributed by atoms with Crippen molar-refractivity contribution in [3.05, 3.63) is 11.8 Å². The highest BCUT2D eigenvalue weighted by Crippen LogP contribution is 2.26. The van der Waals surface area contributed by atoms with Gasteiger partial charge in [-0.1, -0.05) is 72.3 Å². The van der Waals surface area contributed by atoms with E-state index in [0.717, 1.165) is 11.8 Å². The standard InChI is InChI=1S/C22H43N/c1-5-9-14-20(7-3)18-23(22-16-12-11-13-17-22)19-21(8-4)15-10-6-2/h16,20-21H,5-15,17-19H2,1-4H3. The maximum atomic E-state index is 2.81. The molecule has 2 atom stereocenters. The lowest BCUT2D eigenvalue weighted by atomic mass is 9.94. The number of hydrogen-bond acceptors (Lipinski definition) is 1. The van der Waals surface area contributed by atoms with Crippen LogP contribution in [0.15, 0.2) is 11.8 Å². The first-order chi connectivity index (χ1) is 11.2. The molecule has 0 saturated carbocycles. The molecule has 0 aromatic carbocycles. The first kappa shape index (κ1) is 20.6. The Morgan fingerprint density at radius 3 is 1.83 bits per heavy atom. The molecule has 1 aliphatic carbocycles. The lowest BCUT2D eigenvalue weighted by molar-refractivity contribution is 0.213. The van der Waals surface area contributed by atoms with Crippen LogP contribution in [-0.2, 0) is 0 Å². The third-order valence-electron chi connectivity index (χ3n) is 5.72. The fraction of sp³-hybridized carbons (Fsp3) is 0.909. The highest BCUT2D eigenvalue weighted by molar-refractivity contribution is 5.05. The maximum Gasteiger partial charge on any atom is 0.0203 e. The van der Waals surface area contributed by atoms with Crippen molar-refractivity contribution in [2.75, 3.05) is 13.1 Å². The van der Waals surface area contributed by atoms with Crippen LogP contribution < -0.4 is 0 Å². The molecule has 0 aliphatic heterocycles. The molecule has 136 valence electrons. The Bertz CT molecular complexity index is 289. The van der Waals surface area contributed by atoms with Gasteiger partial charge in [0, 0.05) is 18.8 Å². The number of hydrogen-bond donors (Lipinski definition) is 0. The average Bonchev–Trinajstić information content (AvgIpc) is 2.61. The molecule has 0 fully saturated rings. The number of rotatable bonds is 13. The Hall–Kier alpha value is -0.460. The molecule has 23 heavy (non-hydrogen) atoms. The number of unbranched alkanes of at least 4 members (excludes halogenated alkanes) is 2. The normalized spacial score (nSPS) is 17.7. The van der Waals surface area contributed by atoms with Crippen LogP contribution >= 0.6 is 0 Å². The number of allylic oxidation sites excluding steroid dienone is 2. The molecule has 0 amide bonds. The molecule has 0 N–H and O–H groups in total. The first-order valence-corrected chi connectivity index (χ1v) is 10.7. The summed E-state index contributed by atoms with van der Waals surface area (Å²) in [5, 5.41) is 0. The highest BCUT2D eigenvalue weighted by atomic mass is 15.1. The van der Waals surface area contributed by atoms with Gasteiger partial charge in [-0.3, -0.25) is 0 Å². The largest absolute Gasteiger partial charge is 0.375 e. The summed E-state index contributed by atoms with van der Waals surface area (Å²) in [6.07, 6.45) is 19.0. The Morgan fingerprint density at radius 1 is 0.870 bits per heavy atom. The van der Waals surface area contributed by atoms with E-state index in [1.807, 2.05) is 0 Å². The van der Waals surface area contributed by atoms with Gasteiger partial charge in [-0.05, 0) is 50.4 Å². The van der Waals surface area contributed by atoms with Crippen molar-refractivity contribution in [1.82, 2.24) is 4.90 Å². The summed E-state index contributed by atoms with van der Waals surface area (Å²) in [7, 11) is 0. The molecule has 1 aliphatic rings. The van der Waals surface area contributed by atoms with E-state index in [9.17, 15) is 0 Å². The van der Waals surface area contributed by atoms with Crippen molar-refractivity contribution in [2.45, 2.75) is 105 Å². The zero-order valence-corrected chi connectivity index (χ0v) is 16.6. The van der Waals surface area contributed by atoms with E-state index in [1.54, 1.807) is 5.70 Å². The van der Waals surface area contributed by atoms with Crippen LogP contribution in [0.3, 0.4) is 0 Å². The van der Waals surface area contributed by atoms with Gasteiger partial charge in [-0.2, -0.15) is 0 Å². The van der Waals surface area contributed by atoms with Gasteiger partial charge in [0.05, 0.1) is 0 Å². The second kappa shape index (κ2) is 12.9. The van der Waals surface area contributed by atoms with Gasteiger partial charge in [0.2, 0.25) is 0 Å². The quantitative estimate of drug-likeness (QED) is 0.347. The Morgan fingerprint density at radius 2 is 1.43 bits per heavy atom. The minimum atomic E-state index is 0.890. The zero-order valence-electron chi connectivity index (χ0n) is 16.6. The fourth-order valence-electron chi connectivity index (χ4n) is 3.88. The molecular formula is C22H43N. The Balaban J connectivity index is 2.68. The van der Waals surface area contributed by atoms with Crippen LogP contribution in [0.1, 0.15) is 105 Å². The smallest absolute Gasteiger partial charge is 0.0203 e. The van der Waals surface area contributed by atoms with Crippen molar-refractivity contribution in [2.24, 2.45) is 11.8 Å². The van der Waals surface area contributed by atoms with E-state index in [4.69, 9.17) is 0 Å². The molecule has 1 rings (SSSR count). The maximum absolute atomic E-state index is 2.81. The summed E-state index contributed by atoms with van der Waals surface area (Å²) in [6, 6.07) is 0. The second-order valence-corrected chi connectivity index (χ2v) is 7.68. The zero-order chi connectivity index (χ0) is 16.9. The van der Waals surface area contributed by atoms with Gasteiger partial charge >= 0.3 is 0 Å². The monoisotopic (exact) mass is 321 g/mol. The predicted octanol–water partition coefficient (Wildman–Crippen LogP) is 7.18. The van der Waals surface area contributed by atoms with Crippen molar-refractivity contribution in [3.8, 4) is 0 Å². The molecule has 2 unspecified atom stereocenters.